The molecule has 0 saturated heterocycles. The lowest BCUT2D eigenvalue weighted by molar-refractivity contribution is -0.239. The molecule has 0 amide bonds. The third kappa shape index (κ3) is 10.7. The Morgan fingerprint density at radius 1 is 0.279 bits per heavy atom. The monoisotopic (exact) mass is 1020 g/mol. The summed E-state index contributed by atoms with van der Waals surface area (Å²) in [5.74, 6) is -69.3. The Balaban J connectivity index is 0.000000363. The molecule has 4 aromatic carbocycles. The van der Waals surface area contributed by atoms with Gasteiger partial charge in [-0.15, -0.1) is 0 Å². The first-order valence-corrected chi connectivity index (χ1v) is 16.2. The van der Waals surface area contributed by atoms with Crippen LogP contribution in [0.4, 0.5) is 105 Å². The number of ether oxygens (including phenoxy) is 4. The second kappa shape index (κ2) is 21.1. The average molecular weight is 1020 g/mol. The minimum absolute atomic E-state index is 1.04. The van der Waals surface area contributed by atoms with Crippen LogP contribution < -0.4 is 0 Å². The van der Waals surface area contributed by atoms with Crippen molar-refractivity contribution in [3.63, 3.8) is 0 Å². The van der Waals surface area contributed by atoms with Crippen molar-refractivity contribution in [2.24, 2.45) is 0 Å². The molecular formula is C36H8F24O8. The van der Waals surface area contributed by atoms with E-state index in [2.05, 4.69) is 18.9 Å². The zero-order valence-corrected chi connectivity index (χ0v) is 31.2. The molecular weight excluding hydrogens is 1020 g/mol. The van der Waals surface area contributed by atoms with Crippen molar-refractivity contribution in [2.75, 3.05) is 26.4 Å². The topological polar surface area (TPSA) is 105 Å². The molecule has 0 heterocycles. The van der Waals surface area contributed by atoms with E-state index in [-0.39, 0.29) is 0 Å². The predicted octanol–water partition coefficient (Wildman–Crippen LogP) is 9.46. The standard InChI is InChI=1S/C18H4F14O4.C18H4F10O4/c19-5-3(6(20)10(24)13(27)9(5)23)15(33)35-1-17(29,30)18(31,32)2-36-16(34)4-7(21)11(25)14(28)12(26)8(4)22;19-7-5(8(20)12(24)15(27)11(7)23)17(29)31-3-1-2-4-32-18(30)6-9(21)13(25)16(28)14(26)10(6)22/h1-2H2;3-4H2. The average Bonchev–Trinajstić information content (AvgIpc) is 3.28. The van der Waals surface area contributed by atoms with Gasteiger partial charge >= 0.3 is 35.7 Å². The predicted molar refractivity (Wildman–Crippen MR) is 164 cm³/mol. The van der Waals surface area contributed by atoms with E-state index in [1.54, 1.807) is 0 Å². The Hall–Kier alpha value is -7.36. The Kier molecular flexibility index (Phi) is 17.0. The molecule has 0 aliphatic carbocycles. The lowest BCUT2D eigenvalue weighted by Crippen LogP contribution is -2.48. The fourth-order valence-electron chi connectivity index (χ4n) is 4.25. The maximum Gasteiger partial charge on any atom is 0.346 e. The summed E-state index contributed by atoms with van der Waals surface area (Å²) in [7, 11) is 0. The van der Waals surface area contributed by atoms with E-state index in [1.807, 2.05) is 11.8 Å². The summed E-state index contributed by atoms with van der Waals surface area (Å²) in [6.07, 6.45) is 0. The van der Waals surface area contributed by atoms with Gasteiger partial charge in [0.15, 0.2) is 120 Å². The van der Waals surface area contributed by atoms with Gasteiger partial charge in [-0.05, 0) is 0 Å². The van der Waals surface area contributed by atoms with Crippen LogP contribution in [0.15, 0.2) is 0 Å². The third-order valence-electron chi connectivity index (χ3n) is 7.64. The zero-order chi connectivity index (χ0) is 52.2. The van der Waals surface area contributed by atoms with E-state index in [0.717, 1.165) is 0 Å². The van der Waals surface area contributed by atoms with Crippen molar-refractivity contribution in [2.45, 2.75) is 11.8 Å². The molecule has 0 spiro atoms. The van der Waals surface area contributed by atoms with Crippen LogP contribution in [0.25, 0.3) is 0 Å². The normalized spacial score (nSPS) is 11.3. The van der Waals surface area contributed by atoms with Crippen molar-refractivity contribution in [3.05, 3.63) is 139 Å². The fraction of sp³-hybridized carbons (Fsp3) is 0.167. The van der Waals surface area contributed by atoms with Crippen LogP contribution in [0.3, 0.4) is 0 Å². The number of hydrogen-bond donors (Lipinski definition) is 0. The van der Waals surface area contributed by atoms with Crippen LogP contribution >= 0.6 is 0 Å². The number of halogens is 24. The van der Waals surface area contributed by atoms with E-state index in [0.29, 0.717) is 0 Å². The van der Waals surface area contributed by atoms with Gasteiger partial charge in [-0.3, -0.25) is 0 Å². The highest BCUT2D eigenvalue weighted by Gasteiger charge is 2.58. The number of rotatable bonds is 11. The molecule has 0 aliphatic rings. The van der Waals surface area contributed by atoms with Gasteiger partial charge in [0.2, 0.25) is 23.3 Å². The maximum atomic E-state index is 13.8. The van der Waals surface area contributed by atoms with Crippen LogP contribution in [0.5, 0.6) is 0 Å². The van der Waals surface area contributed by atoms with Gasteiger partial charge in [-0.2, -0.15) is 17.6 Å². The van der Waals surface area contributed by atoms with Gasteiger partial charge in [0.25, 0.3) is 0 Å². The molecule has 4 rings (SSSR count). The number of carbonyl (C=O) groups excluding carboxylic acids is 4. The largest absolute Gasteiger partial charge is 0.455 e. The van der Waals surface area contributed by atoms with Crippen LogP contribution in [0, 0.1) is 128 Å². The summed E-state index contributed by atoms with van der Waals surface area (Å²) in [6.45, 7) is -7.78. The third-order valence-corrected chi connectivity index (χ3v) is 7.64. The van der Waals surface area contributed by atoms with E-state index < -0.39 is 201 Å². The number of alkyl halides is 4. The minimum atomic E-state index is -5.66. The van der Waals surface area contributed by atoms with Gasteiger partial charge in [0.1, 0.15) is 22.3 Å². The van der Waals surface area contributed by atoms with E-state index in [4.69, 9.17) is 0 Å². The molecule has 0 aromatic heterocycles. The Morgan fingerprint density at radius 3 is 0.603 bits per heavy atom. The molecule has 368 valence electrons. The second-order valence-corrected chi connectivity index (χ2v) is 11.8. The highest BCUT2D eigenvalue weighted by atomic mass is 19.3. The Labute approximate surface area is 356 Å². The van der Waals surface area contributed by atoms with Gasteiger partial charge < -0.3 is 18.9 Å². The van der Waals surface area contributed by atoms with Crippen molar-refractivity contribution >= 4 is 23.9 Å². The smallest absolute Gasteiger partial charge is 0.346 e. The van der Waals surface area contributed by atoms with Gasteiger partial charge in [-0.25, -0.2) is 107 Å². The minimum Gasteiger partial charge on any atom is -0.455 e. The van der Waals surface area contributed by atoms with Crippen LogP contribution in [-0.2, 0) is 18.9 Å². The molecule has 0 fully saturated rings. The quantitative estimate of drug-likeness (QED) is 0.0366. The zero-order valence-electron chi connectivity index (χ0n) is 31.2. The summed E-state index contributed by atoms with van der Waals surface area (Å²) < 4.78 is 334. The Morgan fingerprint density at radius 2 is 0.426 bits per heavy atom. The van der Waals surface area contributed by atoms with Crippen molar-refractivity contribution in [1.29, 1.82) is 0 Å². The number of hydrogen-bond acceptors (Lipinski definition) is 8. The first-order chi connectivity index (χ1) is 31.3. The van der Waals surface area contributed by atoms with Gasteiger partial charge in [0, 0.05) is 0 Å². The first-order valence-electron chi connectivity index (χ1n) is 16.2. The second-order valence-electron chi connectivity index (χ2n) is 11.8. The number of carbonyl (C=O) groups is 4. The lowest BCUT2D eigenvalue weighted by atomic mass is 10.1. The summed E-state index contributed by atoms with van der Waals surface area (Å²) >= 11 is 0. The van der Waals surface area contributed by atoms with Crippen molar-refractivity contribution < 1.29 is 143 Å². The molecule has 0 N–H and O–H groups in total. The molecule has 0 unspecified atom stereocenters. The van der Waals surface area contributed by atoms with Gasteiger partial charge in [-0.1, -0.05) is 11.8 Å². The molecule has 4 aromatic rings. The molecule has 68 heavy (non-hydrogen) atoms. The van der Waals surface area contributed by atoms with Crippen LogP contribution in [0.1, 0.15) is 41.4 Å². The van der Waals surface area contributed by atoms with E-state index in [9.17, 15) is 125 Å². The molecule has 0 radical (unpaired) electrons. The molecule has 8 nitrogen and oxygen atoms in total. The lowest BCUT2D eigenvalue weighted by Gasteiger charge is -2.25. The highest BCUT2D eigenvalue weighted by Crippen LogP contribution is 2.36. The maximum absolute atomic E-state index is 13.8. The fourth-order valence-corrected chi connectivity index (χ4v) is 4.25. The molecule has 0 bridgehead atoms. The number of benzene rings is 4. The van der Waals surface area contributed by atoms with Crippen LogP contribution in [-0.4, -0.2) is 62.1 Å². The van der Waals surface area contributed by atoms with Crippen molar-refractivity contribution in [3.8, 4) is 11.8 Å². The number of esters is 4. The summed E-state index contributed by atoms with van der Waals surface area (Å²) in [5, 5.41) is 0. The summed E-state index contributed by atoms with van der Waals surface area (Å²) in [4.78, 5) is 46.0. The van der Waals surface area contributed by atoms with Crippen molar-refractivity contribution in [1.82, 2.24) is 0 Å². The molecule has 0 saturated carbocycles. The molecule has 0 atom stereocenters. The molecule has 0 aliphatic heterocycles. The summed E-state index contributed by atoms with van der Waals surface area (Å²) in [6, 6.07) is 0. The molecule has 32 heteroatoms. The van der Waals surface area contributed by atoms with Gasteiger partial charge in [0.05, 0.1) is 0 Å². The van der Waals surface area contributed by atoms with Crippen LogP contribution in [0.2, 0.25) is 0 Å². The Bertz CT molecular complexity index is 2500. The first kappa shape index (κ1) is 55.0. The SMILES string of the molecule is O=C(OCC#CCOC(=O)c1c(F)c(F)c(F)c(F)c1F)c1c(F)c(F)c(F)c(F)c1F.O=C(OCC(F)(F)C(F)(F)COC(=O)c1c(F)c(F)c(F)c(F)c1F)c1c(F)c(F)c(F)c(F)c1F. The summed E-state index contributed by atoms with van der Waals surface area (Å²) in [5.41, 5.74) is -8.66. The van der Waals surface area contributed by atoms with E-state index >= 15 is 0 Å². The van der Waals surface area contributed by atoms with E-state index in [1.165, 1.54) is 0 Å². The highest BCUT2D eigenvalue weighted by molar-refractivity contribution is 5.92.